The summed E-state index contributed by atoms with van der Waals surface area (Å²) in [5.74, 6) is 0. The highest BCUT2D eigenvalue weighted by Gasteiger charge is 2.27. The van der Waals surface area contributed by atoms with Crippen molar-refractivity contribution in [3.8, 4) is 0 Å². The third-order valence-corrected chi connectivity index (χ3v) is 4.31. The average Bonchev–Trinajstić information content (AvgIpc) is 2.29. The molecule has 0 atom stereocenters. The van der Waals surface area contributed by atoms with Crippen molar-refractivity contribution in [2.45, 2.75) is 6.04 Å². The molecule has 0 spiro atoms. The van der Waals surface area contributed by atoms with Crippen LogP contribution in [0.25, 0.3) is 0 Å². The van der Waals surface area contributed by atoms with Gasteiger partial charge < -0.3 is 10.2 Å². The van der Waals surface area contributed by atoms with Gasteiger partial charge in [0.25, 0.3) is 0 Å². The summed E-state index contributed by atoms with van der Waals surface area (Å²) in [5, 5.41) is 3.35. The normalized spacial score (nSPS) is 22.5. The Balaban J connectivity index is 1.58. The number of hydrogen-bond acceptors (Lipinski definition) is 3. The SMILES string of the molecule is Brc1ccc(N2CCN(C3CNC3)CC2)cc1. The lowest BCUT2D eigenvalue weighted by molar-refractivity contribution is 0.138. The maximum Gasteiger partial charge on any atom is 0.0367 e. The molecule has 0 amide bonds. The van der Waals surface area contributed by atoms with Gasteiger partial charge in [0.2, 0.25) is 0 Å². The minimum atomic E-state index is 0.794. The summed E-state index contributed by atoms with van der Waals surface area (Å²) in [7, 11) is 0. The van der Waals surface area contributed by atoms with Gasteiger partial charge in [-0.1, -0.05) is 15.9 Å². The first-order valence-electron chi connectivity index (χ1n) is 6.28. The number of nitrogens with zero attached hydrogens (tertiary/aromatic N) is 2. The molecule has 1 aromatic carbocycles. The van der Waals surface area contributed by atoms with Crippen molar-refractivity contribution in [3.05, 3.63) is 28.7 Å². The number of rotatable bonds is 2. The number of anilines is 1. The highest BCUT2D eigenvalue weighted by molar-refractivity contribution is 9.10. The fraction of sp³-hybridized carbons (Fsp3) is 0.538. The van der Waals surface area contributed by atoms with Crippen LogP contribution in [0.3, 0.4) is 0 Å². The molecule has 1 N–H and O–H groups in total. The Morgan fingerprint density at radius 2 is 1.65 bits per heavy atom. The molecule has 2 aliphatic heterocycles. The molecule has 0 aliphatic carbocycles. The van der Waals surface area contributed by atoms with Crippen molar-refractivity contribution < 1.29 is 0 Å². The molecule has 2 fully saturated rings. The zero-order chi connectivity index (χ0) is 11.7. The first-order valence-corrected chi connectivity index (χ1v) is 7.07. The van der Waals surface area contributed by atoms with E-state index >= 15 is 0 Å². The Morgan fingerprint density at radius 1 is 1.00 bits per heavy atom. The molecule has 2 aliphatic rings. The van der Waals surface area contributed by atoms with E-state index in [-0.39, 0.29) is 0 Å². The lowest BCUT2D eigenvalue weighted by Gasteiger charge is -2.43. The number of halogens is 1. The standard InChI is InChI=1S/C13H18BrN3/c14-11-1-3-12(4-2-11)16-5-7-17(8-6-16)13-9-15-10-13/h1-4,13,15H,5-10H2. The third-order valence-electron chi connectivity index (χ3n) is 3.78. The highest BCUT2D eigenvalue weighted by atomic mass is 79.9. The topological polar surface area (TPSA) is 18.5 Å². The molecule has 3 nitrogen and oxygen atoms in total. The lowest BCUT2D eigenvalue weighted by atomic mass is 10.1. The number of benzene rings is 1. The van der Waals surface area contributed by atoms with Gasteiger partial charge in [0.1, 0.15) is 0 Å². The molecule has 92 valence electrons. The molecule has 3 rings (SSSR count). The minimum absolute atomic E-state index is 0.794. The molecule has 0 radical (unpaired) electrons. The Morgan fingerprint density at radius 3 is 2.18 bits per heavy atom. The average molecular weight is 296 g/mol. The van der Waals surface area contributed by atoms with E-state index in [1.807, 2.05) is 0 Å². The van der Waals surface area contributed by atoms with Crippen LogP contribution < -0.4 is 10.2 Å². The fourth-order valence-electron chi connectivity index (χ4n) is 2.53. The Kier molecular flexibility index (Phi) is 3.36. The summed E-state index contributed by atoms with van der Waals surface area (Å²) in [6, 6.07) is 9.44. The molecule has 0 saturated carbocycles. The van der Waals surface area contributed by atoms with Crippen molar-refractivity contribution in [2.75, 3.05) is 44.2 Å². The fourth-order valence-corrected chi connectivity index (χ4v) is 2.79. The Labute approximate surface area is 111 Å². The Hall–Kier alpha value is -0.580. The highest BCUT2D eigenvalue weighted by Crippen LogP contribution is 2.20. The monoisotopic (exact) mass is 295 g/mol. The molecule has 0 unspecified atom stereocenters. The molecule has 2 heterocycles. The van der Waals surface area contributed by atoms with Crippen molar-refractivity contribution in [1.29, 1.82) is 0 Å². The second-order valence-corrected chi connectivity index (χ2v) is 5.73. The molecule has 0 bridgehead atoms. The number of nitrogens with one attached hydrogen (secondary N) is 1. The summed E-state index contributed by atoms with van der Waals surface area (Å²) in [6.07, 6.45) is 0. The molecular weight excluding hydrogens is 278 g/mol. The van der Waals surface area contributed by atoms with Crippen molar-refractivity contribution in [2.24, 2.45) is 0 Å². The van der Waals surface area contributed by atoms with E-state index in [9.17, 15) is 0 Å². The number of piperazine rings is 1. The van der Waals surface area contributed by atoms with Crippen LogP contribution in [-0.2, 0) is 0 Å². The zero-order valence-electron chi connectivity index (χ0n) is 9.90. The number of hydrogen-bond donors (Lipinski definition) is 1. The van der Waals surface area contributed by atoms with Crippen LogP contribution in [0, 0.1) is 0 Å². The van der Waals surface area contributed by atoms with Crippen LogP contribution in [0.15, 0.2) is 28.7 Å². The van der Waals surface area contributed by atoms with Gasteiger partial charge >= 0.3 is 0 Å². The van der Waals surface area contributed by atoms with E-state index in [0.29, 0.717) is 0 Å². The van der Waals surface area contributed by atoms with Crippen molar-refractivity contribution >= 4 is 21.6 Å². The van der Waals surface area contributed by atoms with Gasteiger partial charge in [0.05, 0.1) is 0 Å². The molecule has 2 saturated heterocycles. The van der Waals surface area contributed by atoms with E-state index in [4.69, 9.17) is 0 Å². The van der Waals surface area contributed by atoms with Crippen LogP contribution in [0.4, 0.5) is 5.69 Å². The maximum absolute atomic E-state index is 3.48. The van der Waals surface area contributed by atoms with Crippen LogP contribution in [0.1, 0.15) is 0 Å². The largest absolute Gasteiger partial charge is 0.369 e. The summed E-state index contributed by atoms with van der Waals surface area (Å²) < 4.78 is 1.15. The van der Waals surface area contributed by atoms with Gasteiger partial charge in [-0.3, -0.25) is 4.90 Å². The Bertz CT molecular complexity index is 367. The minimum Gasteiger partial charge on any atom is -0.369 e. The van der Waals surface area contributed by atoms with Gasteiger partial charge in [-0.05, 0) is 24.3 Å². The second-order valence-electron chi connectivity index (χ2n) is 4.81. The van der Waals surface area contributed by atoms with Crippen molar-refractivity contribution in [3.63, 3.8) is 0 Å². The van der Waals surface area contributed by atoms with Crippen LogP contribution in [0.5, 0.6) is 0 Å². The zero-order valence-corrected chi connectivity index (χ0v) is 11.5. The maximum atomic E-state index is 3.48. The first kappa shape index (κ1) is 11.5. The van der Waals surface area contributed by atoms with Gasteiger partial charge in [-0.2, -0.15) is 0 Å². The molecule has 1 aromatic rings. The summed E-state index contributed by atoms with van der Waals surface area (Å²) in [5.41, 5.74) is 1.35. The molecule has 17 heavy (non-hydrogen) atoms. The van der Waals surface area contributed by atoms with Gasteiger partial charge in [-0.15, -0.1) is 0 Å². The molecule has 4 heteroatoms. The van der Waals surface area contributed by atoms with E-state index < -0.39 is 0 Å². The smallest absolute Gasteiger partial charge is 0.0367 e. The quantitative estimate of drug-likeness (QED) is 0.893. The van der Waals surface area contributed by atoms with E-state index in [0.717, 1.165) is 23.6 Å². The predicted molar refractivity (Wildman–Crippen MR) is 74.6 cm³/mol. The summed E-state index contributed by atoms with van der Waals surface area (Å²) in [4.78, 5) is 5.10. The molecular formula is C13H18BrN3. The van der Waals surface area contributed by atoms with E-state index in [1.165, 1.54) is 31.9 Å². The van der Waals surface area contributed by atoms with Gasteiger partial charge in [0.15, 0.2) is 0 Å². The summed E-state index contributed by atoms with van der Waals surface area (Å²) in [6.45, 7) is 7.05. The van der Waals surface area contributed by atoms with Crippen molar-refractivity contribution in [1.82, 2.24) is 10.2 Å². The lowest BCUT2D eigenvalue weighted by Crippen LogP contribution is -2.61. The summed E-state index contributed by atoms with van der Waals surface area (Å²) >= 11 is 3.48. The van der Waals surface area contributed by atoms with Gasteiger partial charge in [-0.25, -0.2) is 0 Å². The second kappa shape index (κ2) is 4.96. The van der Waals surface area contributed by atoms with E-state index in [2.05, 4.69) is 55.3 Å². The third kappa shape index (κ3) is 2.49. The predicted octanol–water partition coefficient (Wildman–Crippen LogP) is 1.54. The van der Waals surface area contributed by atoms with Crippen LogP contribution >= 0.6 is 15.9 Å². The molecule has 0 aromatic heterocycles. The first-order chi connectivity index (χ1) is 8.33. The van der Waals surface area contributed by atoms with E-state index in [1.54, 1.807) is 0 Å². The van der Waals surface area contributed by atoms with Crippen LogP contribution in [-0.4, -0.2) is 50.2 Å². The van der Waals surface area contributed by atoms with Crippen LogP contribution in [0.2, 0.25) is 0 Å². The van der Waals surface area contributed by atoms with Gasteiger partial charge in [0, 0.05) is 55.5 Å².